The smallest absolute Gasteiger partial charge is 0.224 e. The molecule has 0 amide bonds. The summed E-state index contributed by atoms with van der Waals surface area (Å²) < 4.78 is 101. The Balaban J connectivity index is 2.76. The van der Waals surface area contributed by atoms with Gasteiger partial charge in [-0.3, -0.25) is 0 Å². The molecule has 8 heteroatoms. The van der Waals surface area contributed by atoms with Crippen LogP contribution in [0.15, 0.2) is 23.3 Å². The highest BCUT2D eigenvalue weighted by atomic mass is 19.3. The zero-order chi connectivity index (χ0) is 11.8. The number of hydrogen-bond donors (Lipinski definition) is 0. The van der Waals surface area contributed by atoms with E-state index in [-0.39, 0.29) is 0 Å². The number of alkyl halides is 4. The van der Waals surface area contributed by atoms with E-state index in [0.29, 0.717) is 0 Å². The fraction of sp³-hybridized carbons (Fsp3) is 0.429. The number of hydrogen-bond acceptors (Lipinski definition) is 0. The van der Waals surface area contributed by atoms with Crippen molar-refractivity contribution < 1.29 is 35.1 Å². The molecule has 0 aromatic rings. The standard InChI is InChI=1S/C7F8/c8-1-3(10)6(13)5(1,12)2(9)4(11)7(6,14)15. The summed E-state index contributed by atoms with van der Waals surface area (Å²) in [6, 6.07) is 0. The van der Waals surface area contributed by atoms with Gasteiger partial charge in [0.15, 0.2) is 17.5 Å². The molecule has 0 aliphatic heterocycles. The summed E-state index contributed by atoms with van der Waals surface area (Å²) in [6.07, 6.45) is 0. The van der Waals surface area contributed by atoms with E-state index in [4.69, 9.17) is 0 Å². The van der Waals surface area contributed by atoms with Gasteiger partial charge in [-0.25, -0.2) is 26.3 Å². The first-order valence-electron chi connectivity index (χ1n) is 3.51. The quantitative estimate of drug-likeness (QED) is 0.565. The third kappa shape index (κ3) is 0.644. The third-order valence-corrected chi connectivity index (χ3v) is 2.48. The van der Waals surface area contributed by atoms with Crippen LogP contribution in [0.5, 0.6) is 0 Å². The average molecular weight is 236 g/mol. The monoisotopic (exact) mass is 236 g/mol. The fourth-order valence-electron chi connectivity index (χ4n) is 1.58. The van der Waals surface area contributed by atoms with Crippen molar-refractivity contribution in [1.29, 1.82) is 0 Å². The van der Waals surface area contributed by atoms with Gasteiger partial charge in [0, 0.05) is 0 Å². The first-order valence-corrected chi connectivity index (χ1v) is 3.51. The first-order chi connectivity index (χ1) is 6.63. The van der Waals surface area contributed by atoms with E-state index in [1.165, 1.54) is 0 Å². The highest BCUT2D eigenvalue weighted by Gasteiger charge is 2.89. The second-order valence-electron chi connectivity index (χ2n) is 3.15. The molecule has 0 fully saturated rings. The van der Waals surface area contributed by atoms with Gasteiger partial charge >= 0.3 is 5.92 Å². The minimum Gasteiger partial charge on any atom is -0.224 e. The van der Waals surface area contributed by atoms with Crippen LogP contribution in [0.3, 0.4) is 0 Å². The molecule has 0 saturated carbocycles. The second kappa shape index (κ2) is 2.19. The van der Waals surface area contributed by atoms with Crippen molar-refractivity contribution >= 4 is 0 Å². The fourth-order valence-corrected chi connectivity index (χ4v) is 1.58. The minimum atomic E-state index is -5.38. The molecule has 0 aromatic carbocycles. The molecule has 0 bridgehead atoms. The van der Waals surface area contributed by atoms with Crippen LogP contribution in [-0.4, -0.2) is 17.3 Å². The molecule has 0 radical (unpaired) electrons. The number of rotatable bonds is 0. The van der Waals surface area contributed by atoms with Crippen LogP contribution in [0.25, 0.3) is 0 Å². The lowest BCUT2D eigenvalue weighted by molar-refractivity contribution is -0.169. The van der Waals surface area contributed by atoms with E-state index in [1.54, 1.807) is 0 Å². The summed E-state index contributed by atoms with van der Waals surface area (Å²) in [6.45, 7) is 0. The van der Waals surface area contributed by atoms with Crippen molar-refractivity contribution in [2.75, 3.05) is 0 Å². The van der Waals surface area contributed by atoms with Crippen molar-refractivity contribution in [2.45, 2.75) is 17.3 Å². The number of fused-ring (bicyclic) bond motifs is 1. The summed E-state index contributed by atoms with van der Waals surface area (Å²) in [5, 5.41) is 0. The van der Waals surface area contributed by atoms with Gasteiger partial charge in [0.2, 0.25) is 5.83 Å². The largest absolute Gasteiger partial charge is 0.345 e. The molecule has 84 valence electrons. The van der Waals surface area contributed by atoms with Crippen molar-refractivity contribution in [3.63, 3.8) is 0 Å². The Morgan fingerprint density at radius 3 is 1.40 bits per heavy atom. The van der Waals surface area contributed by atoms with Crippen LogP contribution in [0.2, 0.25) is 0 Å². The van der Waals surface area contributed by atoms with Gasteiger partial charge in [-0.2, -0.15) is 8.78 Å². The Labute approximate surface area is 76.9 Å². The van der Waals surface area contributed by atoms with Crippen LogP contribution in [-0.2, 0) is 0 Å². The van der Waals surface area contributed by atoms with E-state index >= 15 is 0 Å². The van der Waals surface area contributed by atoms with Crippen LogP contribution in [0.1, 0.15) is 0 Å². The maximum Gasteiger partial charge on any atom is 0.345 e. The van der Waals surface area contributed by atoms with E-state index in [9.17, 15) is 35.1 Å². The second-order valence-corrected chi connectivity index (χ2v) is 3.15. The van der Waals surface area contributed by atoms with Gasteiger partial charge in [-0.15, -0.1) is 0 Å². The average Bonchev–Trinajstić information content (AvgIpc) is 2.29. The van der Waals surface area contributed by atoms with Crippen molar-refractivity contribution in [2.24, 2.45) is 0 Å². The zero-order valence-electron chi connectivity index (χ0n) is 6.52. The van der Waals surface area contributed by atoms with Gasteiger partial charge in [-0.1, -0.05) is 0 Å². The predicted molar refractivity (Wildman–Crippen MR) is 31.1 cm³/mol. The molecule has 0 heterocycles. The van der Waals surface area contributed by atoms with E-state index in [2.05, 4.69) is 0 Å². The lowest BCUT2D eigenvalue weighted by Crippen LogP contribution is -2.63. The van der Waals surface area contributed by atoms with Crippen molar-refractivity contribution in [3.8, 4) is 0 Å². The van der Waals surface area contributed by atoms with Crippen LogP contribution in [0, 0.1) is 0 Å². The van der Waals surface area contributed by atoms with Crippen LogP contribution in [0.4, 0.5) is 35.1 Å². The number of allylic oxidation sites excluding steroid dienone is 4. The topological polar surface area (TPSA) is 0 Å². The summed E-state index contributed by atoms with van der Waals surface area (Å²) in [5.41, 5.74) is -9.62. The van der Waals surface area contributed by atoms with E-state index < -0.39 is 40.6 Å². The highest BCUT2D eigenvalue weighted by molar-refractivity contribution is 5.59. The molecule has 2 aliphatic rings. The zero-order valence-corrected chi connectivity index (χ0v) is 6.52. The molecular formula is C7F8. The lowest BCUT2D eigenvalue weighted by atomic mass is 9.74. The molecule has 2 atom stereocenters. The molecule has 0 nitrogen and oxygen atoms in total. The highest BCUT2D eigenvalue weighted by Crippen LogP contribution is 2.70. The van der Waals surface area contributed by atoms with Crippen LogP contribution >= 0.6 is 0 Å². The Morgan fingerprint density at radius 1 is 0.600 bits per heavy atom. The van der Waals surface area contributed by atoms with Crippen molar-refractivity contribution in [3.05, 3.63) is 23.3 Å². The predicted octanol–water partition coefficient (Wildman–Crippen LogP) is 3.37. The molecule has 2 rings (SSSR count). The summed E-state index contributed by atoms with van der Waals surface area (Å²) in [4.78, 5) is 0. The molecular weight excluding hydrogens is 236 g/mol. The Kier molecular flexibility index (Phi) is 1.53. The molecule has 2 aliphatic carbocycles. The minimum absolute atomic E-state index is 2.70. The maximum absolute atomic E-state index is 13.1. The van der Waals surface area contributed by atoms with Gasteiger partial charge < -0.3 is 0 Å². The molecule has 0 spiro atoms. The van der Waals surface area contributed by atoms with Gasteiger partial charge in [-0.05, 0) is 0 Å². The van der Waals surface area contributed by atoms with Gasteiger partial charge in [0.1, 0.15) is 0 Å². The molecule has 0 N–H and O–H groups in total. The Morgan fingerprint density at radius 2 is 1.00 bits per heavy atom. The summed E-state index contributed by atoms with van der Waals surface area (Å²) in [7, 11) is 0. The van der Waals surface area contributed by atoms with Crippen LogP contribution < -0.4 is 0 Å². The lowest BCUT2D eigenvalue weighted by Gasteiger charge is -2.41. The van der Waals surface area contributed by atoms with Gasteiger partial charge in [0.05, 0.1) is 0 Å². The summed E-state index contributed by atoms with van der Waals surface area (Å²) >= 11 is 0. The van der Waals surface area contributed by atoms with E-state index in [1.807, 2.05) is 0 Å². The van der Waals surface area contributed by atoms with Gasteiger partial charge in [0.25, 0.3) is 11.3 Å². The molecule has 15 heavy (non-hydrogen) atoms. The normalized spacial score (nSPS) is 43.2. The number of halogens is 8. The van der Waals surface area contributed by atoms with E-state index in [0.717, 1.165) is 0 Å². The molecule has 0 saturated heterocycles. The maximum atomic E-state index is 13.1. The Bertz CT molecular complexity index is 421. The molecule has 2 unspecified atom stereocenters. The Hall–Kier alpha value is -1.08. The summed E-state index contributed by atoms with van der Waals surface area (Å²) in [5.74, 6) is -17.0. The van der Waals surface area contributed by atoms with Crippen molar-refractivity contribution in [1.82, 2.24) is 0 Å². The molecule has 0 aromatic heterocycles. The third-order valence-electron chi connectivity index (χ3n) is 2.48. The SMILES string of the molecule is FC1=C(F)C2(F)C(F)=C(F)C2(F)C1(F)F. The first kappa shape index (κ1) is 10.4.